The average Bonchev–Trinajstić information content (AvgIpc) is 2.56. The Kier molecular flexibility index (Phi) is 1.14. The Morgan fingerprint density at radius 2 is 2.50 bits per heavy atom. The summed E-state index contributed by atoms with van der Waals surface area (Å²) in [6, 6.07) is 0.708. The van der Waals surface area contributed by atoms with Gasteiger partial charge in [-0.3, -0.25) is 10.2 Å². The molecule has 2 saturated heterocycles. The summed E-state index contributed by atoms with van der Waals surface area (Å²) in [5.41, 5.74) is -0.134. The normalized spacial score (nSPS) is 54.3. The molecule has 0 aliphatic carbocycles. The minimum atomic E-state index is -0.278. The molecule has 0 saturated carbocycles. The zero-order valence-electron chi connectivity index (χ0n) is 6.46. The number of hydrogen-bond acceptors (Lipinski definition) is 3. The zero-order valence-corrected chi connectivity index (χ0v) is 6.46. The molecule has 3 nitrogen and oxygen atoms in total. The smallest absolute Gasteiger partial charge is 0.0951 e. The van der Waals surface area contributed by atoms with Gasteiger partial charge in [0.15, 0.2) is 0 Å². The zero-order chi connectivity index (χ0) is 7.35. The number of hydrogen-bond donors (Lipinski definition) is 2. The van der Waals surface area contributed by atoms with Crippen molar-refractivity contribution in [2.45, 2.75) is 31.7 Å². The lowest BCUT2D eigenvalue weighted by Gasteiger charge is -2.31. The molecule has 2 aliphatic rings. The van der Waals surface area contributed by atoms with Gasteiger partial charge in [0.1, 0.15) is 0 Å². The van der Waals surface area contributed by atoms with E-state index in [1.807, 2.05) is 6.92 Å². The summed E-state index contributed by atoms with van der Waals surface area (Å²) < 4.78 is 0. The van der Waals surface area contributed by atoms with E-state index in [0.29, 0.717) is 6.04 Å². The van der Waals surface area contributed by atoms with E-state index in [4.69, 9.17) is 0 Å². The molecule has 0 aromatic heterocycles. The van der Waals surface area contributed by atoms with Crippen LogP contribution in [0.4, 0.5) is 0 Å². The van der Waals surface area contributed by atoms with Crippen LogP contribution in [-0.4, -0.2) is 40.9 Å². The van der Waals surface area contributed by atoms with Crippen molar-refractivity contribution in [3.05, 3.63) is 0 Å². The first kappa shape index (κ1) is 6.58. The van der Waals surface area contributed by atoms with Crippen LogP contribution >= 0.6 is 0 Å². The second-order valence-electron chi connectivity index (χ2n) is 3.51. The van der Waals surface area contributed by atoms with Crippen LogP contribution in [0.5, 0.6) is 0 Å². The van der Waals surface area contributed by atoms with Gasteiger partial charge >= 0.3 is 0 Å². The van der Waals surface area contributed by atoms with Gasteiger partial charge in [-0.2, -0.15) is 0 Å². The van der Waals surface area contributed by atoms with Gasteiger partial charge in [0.25, 0.3) is 0 Å². The number of fused-ring (bicyclic) bond motifs is 1. The molecule has 0 spiro atoms. The van der Waals surface area contributed by atoms with Crippen molar-refractivity contribution in [2.75, 3.05) is 13.1 Å². The standard InChI is InChI=1S/C7H14N2O/c1-5(10)7(2)8-3-6-4-9(6)7/h5-6,8,10H,3-4H2,1-2H3. The highest BCUT2D eigenvalue weighted by Gasteiger charge is 2.54. The van der Waals surface area contributed by atoms with E-state index >= 15 is 0 Å². The number of nitrogens with one attached hydrogen (secondary N) is 1. The van der Waals surface area contributed by atoms with Gasteiger partial charge in [0, 0.05) is 19.1 Å². The average molecular weight is 142 g/mol. The van der Waals surface area contributed by atoms with Crippen molar-refractivity contribution in [3.8, 4) is 0 Å². The predicted molar refractivity (Wildman–Crippen MR) is 38.6 cm³/mol. The first-order valence-corrected chi connectivity index (χ1v) is 3.84. The Balaban J connectivity index is 2.14. The first-order chi connectivity index (χ1) is 4.64. The lowest BCUT2D eigenvalue weighted by atomic mass is 10.1. The molecule has 2 heterocycles. The maximum Gasteiger partial charge on any atom is 0.0951 e. The summed E-state index contributed by atoms with van der Waals surface area (Å²) in [7, 11) is 0. The maximum absolute atomic E-state index is 9.40. The van der Waals surface area contributed by atoms with Gasteiger partial charge in [-0.05, 0) is 13.8 Å². The van der Waals surface area contributed by atoms with Gasteiger partial charge < -0.3 is 5.11 Å². The number of aliphatic hydroxyl groups is 1. The van der Waals surface area contributed by atoms with Crippen molar-refractivity contribution in [3.63, 3.8) is 0 Å². The van der Waals surface area contributed by atoms with Gasteiger partial charge in [-0.1, -0.05) is 0 Å². The fourth-order valence-electron chi connectivity index (χ4n) is 1.74. The lowest BCUT2D eigenvalue weighted by molar-refractivity contribution is 0.0398. The van der Waals surface area contributed by atoms with Crippen LogP contribution in [0.1, 0.15) is 13.8 Å². The Hall–Kier alpha value is -0.120. The van der Waals surface area contributed by atoms with Crippen LogP contribution in [0.2, 0.25) is 0 Å². The number of aliphatic hydroxyl groups excluding tert-OH is 1. The Bertz CT molecular complexity index is 160. The Morgan fingerprint density at radius 1 is 1.80 bits per heavy atom. The molecular formula is C7H14N2O. The molecule has 4 atom stereocenters. The van der Waals surface area contributed by atoms with Crippen molar-refractivity contribution in [1.82, 2.24) is 10.2 Å². The van der Waals surface area contributed by atoms with Crippen LogP contribution in [0.3, 0.4) is 0 Å². The largest absolute Gasteiger partial charge is 0.390 e. The highest BCUT2D eigenvalue weighted by Crippen LogP contribution is 2.35. The molecule has 0 aromatic rings. The Morgan fingerprint density at radius 3 is 2.70 bits per heavy atom. The van der Waals surface area contributed by atoms with Gasteiger partial charge in [-0.25, -0.2) is 0 Å². The molecule has 0 aromatic carbocycles. The predicted octanol–water partition coefficient (Wildman–Crippen LogP) is -0.629. The van der Waals surface area contributed by atoms with E-state index in [2.05, 4.69) is 17.1 Å². The molecule has 2 aliphatic heterocycles. The molecule has 3 heteroatoms. The minimum absolute atomic E-state index is 0.134. The third kappa shape index (κ3) is 0.654. The molecule has 58 valence electrons. The second kappa shape index (κ2) is 1.72. The summed E-state index contributed by atoms with van der Waals surface area (Å²) in [4.78, 5) is 2.30. The molecule has 2 fully saturated rings. The Labute approximate surface area is 61.0 Å². The molecule has 10 heavy (non-hydrogen) atoms. The fourth-order valence-corrected chi connectivity index (χ4v) is 1.74. The van der Waals surface area contributed by atoms with Crippen molar-refractivity contribution in [2.24, 2.45) is 0 Å². The van der Waals surface area contributed by atoms with E-state index in [1.165, 1.54) is 0 Å². The van der Waals surface area contributed by atoms with Crippen LogP contribution in [0, 0.1) is 0 Å². The molecule has 4 unspecified atom stereocenters. The number of rotatable bonds is 1. The first-order valence-electron chi connectivity index (χ1n) is 3.84. The maximum atomic E-state index is 9.40. The van der Waals surface area contributed by atoms with Crippen LogP contribution in [0.15, 0.2) is 0 Å². The summed E-state index contributed by atoms with van der Waals surface area (Å²) in [6.07, 6.45) is -0.278. The molecule has 0 bridgehead atoms. The molecular weight excluding hydrogens is 128 g/mol. The topological polar surface area (TPSA) is 35.3 Å². The van der Waals surface area contributed by atoms with E-state index < -0.39 is 0 Å². The highest BCUT2D eigenvalue weighted by atomic mass is 16.3. The van der Waals surface area contributed by atoms with Gasteiger partial charge in [0.2, 0.25) is 0 Å². The van der Waals surface area contributed by atoms with Crippen molar-refractivity contribution < 1.29 is 5.11 Å². The fraction of sp³-hybridized carbons (Fsp3) is 1.00. The SMILES string of the molecule is CC(O)C1(C)NCC2CN21. The highest BCUT2D eigenvalue weighted by molar-refractivity contribution is 5.10. The second-order valence-corrected chi connectivity index (χ2v) is 3.51. The summed E-state index contributed by atoms with van der Waals surface area (Å²) in [6.45, 7) is 6.11. The van der Waals surface area contributed by atoms with Crippen LogP contribution < -0.4 is 5.32 Å². The molecule has 0 radical (unpaired) electrons. The quantitative estimate of drug-likeness (QED) is 0.478. The van der Waals surface area contributed by atoms with E-state index in [9.17, 15) is 5.11 Å². The summed E-state index contributed by atoms with van der Waals surface area (Å²) >= 11 is 0. The van der Waals surface area contributed by atoms with E-state index in [0.717, 1.165) is 13.1 Å². The van der Waals surface area contributed by atoms with Gasteiger partial charge in [-0.15, -0.1) is 0 Å². The van der Waals surface area contributed by atoms with E-state index in [-0.39, 0.29) is 11.8 Å². The monoisotopic (exact) mass is 142 g/mol. The molecule has 0 amide bonds. The molecule has 2 rings (SSSR count). The van der Waals surface area contributed by atoms with Crippen LogP contribution in [-0.2, 0) is 0 Å². The summed E-state index contributed by atoms with van der Waals surface area (Å²) in [5, 5.41) is 12.7. The van der Waals surface area contributed by atoms with Crippen LogP contribution in [0.25, 0.3) is 0 Å². The minimum Gasteiger partial charge on any atom is -0.390 e. The summed E-state index contributed by atoms with van der Waals surface area (Å²) in [5.74, 6) is 0. The van der Waals surface area contributed by atoms with Crippen molar-refractivity contribution >= 4 is 0 Å². The molecule has 2 N–H and O–H groups in total. The van der Waals surface area contributed by atoms with E-state index in [1.54, 1.807) is 0 Å². The van der Waals surface area contributed by atoms with Crippen molar-refractivity contribution in [1.29, 1.82) is 0 Å². The number of nitrogens with zero attached hydrogens (tertiary/aromatic N) is 1. The third-order valence-corrected chi connectivity index (χ3v) is 2.82. The van der Waals surface area contributed by atoms with Gasteiger partial charge in [0.05, 0.1) is 11.8 Å². The third-order valence-electron chi connectivity index (χ3n) is 2.82. The lowest BCUT2D eigenvalue weighted by Crippen LogP contribution is -2.53.